The fourth-order valence-electron chi connectivity index (χ4n) is 1.14. The molecule has 0 spiro atoms. The van der Waals surface area contributed by atoms with Crippen molar-refractivity contribution in [2.45, 2.75) is 27.2 Å². The Morgan fingerprint density at radius 2 is 2.12 bits per heavy atom. The maximum atomic E-state index is 11.4. The zero-order chi connectivity index (χ0) is 12.8. The molecule has 0 aliphatic rings. The molecule has 0 unspecified atom stereocenters. The maximum absolute atomic E-state index is 11.4. The van der Waals surface area contributed by atoms with Gasteiger partial charge >= 0.3 is 0 Å². The van der Waals surface area contributed by atoms with Gasteiger partial charge in [0.1, 0.15) is 12.2 Å². The van der Waals surface area contributed by atoms with E-state index in [9.17, 15) is 9.59 Å². The number of aryl methyl sites for hydroxylation is 1. The quantitative estimate of drug-likeness (QED) is 0.753. The first-order valence-electron chi connectivity index (χ1n) is 5.47. The van der Waals surface area contributed by atoms with Crippen molar-refractivity contribution >= 4 is 17.6 Å². The van der Waals surface area contributed by atoms with E-state index in [1.165, 1.54) is 0 Å². The number of anilines is 1. The van der Waals surface area contributed by atoms with Gasteiger partial charge in [-0.05, 0) is 12.8 Å². The van der Waals surface area contributed by atoms with E-state index in [2.05, 4.69) is 15.8 Å². The first kappa shape index (κ1) is 13.2. The molecule has 94 valence electrons. The van der Waals surface area contributed by atoms with Gasteiger partial charge in [-0.1, -0.05) is 19.0 Å². The molecule has 0 atom stereocenters. The Bertz CT molecular complexity index is 398. The monoisotopic (exact) mass is 239 g/mol. The summed E-state index contributed by atoms with van der Waals surface area (Å²) >= 11 is 0. The largest absolute Gasteiger partial charge is 0.360 e. The third kappa shape index (κ3) is 5.14. The lowest BCUT2D eigenvalue weighted by Gasteiger charge is -2.06. The van der Waals surface area contributed by atoms with Crippen LogP contribution in [0.4, 0.5) is 5.82 Å². The van der Waals surface area contributed by atoms with Gasteiger partial charge in [0.15, 0.2) is 5.82 Å². The zero-order valence-corrected chi connectivity index (χ0v) is 10.2. The van der Waals surface area contributed by atoms with E-state index in [1.54, 1.807) is 13.0 Å². The number of carbonyl (C=O) groups is 2. The third-order valence-corrected chi connectivity index (χ3v) is 1.92. The highest BCUT2D eigenvalue weighted by Gasteiger charge is 2.11. The van der Waals surface area contributed by atoms with Crippen molar-refractivity contribution < 1.29 is 14.1 Å². The number of rotatable bonds is 5. The minimum absolute atomic E-state index is 0.210. The molecule has 2 amide bonds. The normalized spacial score (nSPS) is 10.4. The van der Waals surface area contributed by atoms with Crippen molar-refractivity contribution in [3.05, 3.63) is 11.8 Å². The molecule has 0 aliphatic heterocycles. The van der Waals surface area contributed by atoms with E-state index in [0.717, 1.165) is 0 Å². The number of hydrogen-bond acceptors (Lipinski definition) is 4. The maximum Gasteiger partial charge on any atom is 0.235 e. The average molecular weight is 239 g/mol. The number of hydrogen-bond donors (Lipinski definition) is 2. The van der Waals surface area contributed by atoms with Crippen molar-refractivity contribution in [2.24, 2.45) is 5.92 Å². The van der Waals surface area contributed by atoms with Gasteiger partial charge in [0.2, 0.25) is 11.8 Å². The van der Waals surface area contributed by atoms with E-state index in [4.69, 9.17) is 4.52 Å². The minimum Gasteiger partial charge on any atom is -0.360 e. The van der Waals surface area contributed by atoms with E-state index in [1.807, 2.05) is 13.8 Å². The van der Waals surface area contributed by atoms with Gasteiger partial charge in [0, 0.05) is 12.6 Å². The summed E-state index contributed by atoms with van der Waals surface area (Å²) in [6.45, 7) is 6.25. The van der Waals surface area contributed by atoms with Crippen LogP contribution >= 0.6 is 0 Å². The van der Waals surface area contributed by atoms with Gasteiger partial charge in [-0.15, -0.1) is 0 Å². The average Bonchev–Trinajstić information content (AvgIpc) is 2.60. The molecule has 0 fully saturated rings. The first-order valence-corrected chi connectivity index (χ1v) is 5.47. The number of nitrogens with zero attached hydrogens (tertiary/aromatic N) is 1. The standard InChI is InChI=1S/C11H17N3O3/c1-7(2)6-12-10(15)5-11(16)13-9-4-8(3)17-14-9/h4,7H,5-6H2,1-3H3,(H,12,15)(H,13,14,16). The smallest absolute Gasteiger partial charge is 0.235 e. The predicted octanol–water partition coefficient (Wildman–Crippen LogP) is 1.08. The zero-order valence-electron chi connectivity index (χ0n) is 10.2. The molecule has 1 rings (SSSR count). The lowest BCUT2D eigenvalue weighted by Crippen LogP contribution is -2.30. The molecule has 1 aromatic rings. The number of aromatic nitrogens is 1. The van der Waals surface area contributed by atoms with Crippen LogP contribution in [0.2, 0.25) is 0 Å². The Morgan fingerprint density at radius 1 is 1.41 bits per heavy atom. The molecule has 1 aromatic heterocycles. The lowest BCUT2D eigenvalue weighted by atomic mass is 10.2. The summed E-state index contributed by atoms with van der Waals surface area (Å²) < 4.78 is 4.78. The van der Waals surface area contributed by atoms with Crippen LogP contribution in [0.25, 0.3) is 0 Å². The second-order valence-corrected chi connectivity index (χ2v) is 4.25. The van der Waals surface area contributed by atoms with Crippen LogP contribution in [0.15, 0.2) is 10.6 Å². The van der Waals surface area contributed by atoms with Gasteiger partial charge < -0.3 is 15.2 Å². The van der Waals surface area contributed by atoms with Gasteiger partial charge in [-0.25, -0.2) is 0 Å². The molecular weight excluding hydrogens is 222 g/mol. The Kier molecular flexibility index (Phi) is 4.68. The third-order valence-electron chi connectivity index (χ3n) is 1.92. The Labute approximate surface area is 99.7 Å². The molecule has 0 radical (unpaired) electrons. The predicted molar refractivity (Wildman–Crippen MR) is 62.3 cm³/mol. The SMILES string of the molecule is Cc1cc(NC(=O)CC(=O)NCC(C)C)no1. The second kappa shape index (κ2) is 6.03. The Morgan fingerprint density at radius 3 is 2.65 bits per heavy atom. The highest BCUT2D eigenvalue weighted by atomic mass is 16.5. The van der Waals surface area contributed by atoms with Crippen LogP contribution in [-0.4, -0.2) is 23.5 Å². The van der Waals surface area contributed by atoms with Crippen molar-refractivity contribution in [1.29, 1.82) is 0 Å². The van der Waals surface area contributed by atoms with Gasteiger partial charge in [0.25, 0.3) is 0 Å². The Hall–Kier alpha value is -1.85. The van der Waals surface area contributed by atoms with Crippen LogP contribution < -0.4 is 10.6 Å². The van der Waals surface area contributed by atoms with Gasteiger partial charge in [-0.3, -0.25) is 9.59 Å². The van der Waals surface area contributed by atoms with Crippen molar-refractivity contribution in [3.63, 3.8) is 0 Å². The molecule has 1 heterocycles. The molecule has 2 N–H and O–H groups in total. The molecule has 6 heteroatoms. The summed E-state index contributed by atoms with van der Waals surface area (Å²) in [7, 11) is 0. The van der Waals surface area contributed by atoms with E-state index < -0.39 is 5.91 Å². The first-order chi connectivity index (χ1) is 7.97. The molecule has 17 heavy (non-hydrogen) atoms. The van der Waals surface area contributed by atoms with Crippen molar-refractivity contribution in [2.75, 3.05) is 11.9 Å². The molecule has 6 nitrogen and oxygen atoms in total. The number of nitrogens with one attached hydrogen (secondary N) is 2. The molecule has 0 saturated carbocycles. The van der Waals surface area contributed by atoms with Crippen LogP contribution in [0, 0.1) is 12.8 Å². The number of amides is 2. The van der Waals surface area contributed by atoms with Crippen molar-refractivity contribution in [1.82, 2.24) is 10.5 Å². The molecule has 0 bridgehead atoms. The van der Waals surface area contributed by atoms with Crippen molar-refractivity contribution in [3.8, 4) is 0 Å². The molecular formula is C11H17N3O3. The topological polar surface area (TPSA) is 84.2 Å². The fraction of sp³-hybridized carbons (Fsp3) is 0.545. The van der Waals surface area contributed by atoms with Crippen LogP contribution in [0.5, 0.6) is 0 Å². The molecule has 0 aliphatic carbocycles. The summed E-state index contributed by atoms with van der Waals surface area (Å²) in [5.74, 6) is 0.588. The van der Waals surface area contributed by atoms with Crippen LogP contribution in [0.3, 0.4) is 0 Å². The van der Waals surface area contributed by atoms with E-state index in [-0.39, 0.29) is 12.3 Å². The summed E-state index contributed by atoms with van der Waals surface area (Å²) in [6, 6.07) is 1.59. The second-order valence-electron chi connectivity index (χ2n) is 4.25. The number of carbonyl (C=O) groups excluding carboxylic acids is 2. The fourth-order valence-corrected chi connectivity index (χ4v) is 1.14. The highest BCUT2D eigenvalue weighted by Crippen LogP contribution is 2.07. The van der Waals surface area contributed by atoms with Gasteiger partial charge in [-0.2, -0.15) is 0 Å². The summed E-state index contributed by atoms with van der Waals surface area (Å²) in [6.07, 6.45) is -0.210. The van der Waals surface area contributed by atoms with E-state index >= 15 is 0 Å². The highest BCUT2D eigenvalue weighted by molar-refractivity contribution is 6.03. The lowest BCUT2D eigenvalue weighted by molar-refractivity contribution is -0.126. The molecule has 0 aromatic carbocycles. The van der Waals surface area contributed by atoms with E-state index in [0.29, 0.717) is 24.0 Å². The summed E-state index contributed by atoms with van der Waals surface area (Å²) in [4.78, 5) is 22.8. The van der Waals surface area contributed by atoms with Crippen LogP contribution in [0.1, 0.15) is 26.0 Å². The summed E-state index contributed by atoms with van der Waals surface area (Å²) in [5.41, 5.74) is 0. The van der Waals surface area contributed by atoms with Crippen LogP contribution in [-0.2, 0) is 9.59 Å². The summed E-state index contributed by atoms with van der Waals surface area (Å²) in [5, 5.41) is 8.74. The minimum atomic E-state index is -0.403. The van der Waals surface area contributed by atoms with Gasteiger partial charge in [0.05, 0.1) is 0 Å². The Balaban J connectivity index is 2.32. The molecule has 0 saturated heterocycles.